The van der Waals surface area contributed by atoms with Gasteiger partial charge in [0.2, 0.25) is 5.89 Å². The van der Waals surface area contributed by atoms with Crippen LogP contribution < -0.4 is 5.73 Å². The van der Waals surface area contributed by atoms with E-state index in [0.717, 1.165) is 12.0 Å². The van der Waals surface area contributed by atoms with Gasteiger partial charge in [0.05, 0.1) is 11.5 Å². The molecule has 114 valence electrons. The minimum Gasteiger partial charge on any atom is -0.338 e. The van der Waals surface area contributed by atoms with Crippen LogP contribution in [0.2, 0.25) is 0 Å². The largest absolute Gasteiger partial charge is 0.338 e. The van der Waals surface area contributed by atoms with Crippen LogP contribution in [0.4, 0.5) is 4.39 Å². The number of hydrogen-bond donors (Lipinski definition) is 1. The molecule has 0 aliphatic rings. The van der Waals surface area contributed by atoms with Crippen LogP contribution in [-0.2, 0) is 5.41 Å². The molecule has 0 aliphatic heterocycles. The van der Waals surface area contributed by atoms with E-state index in [0.29, 0.717) is 11.7 Å². The summed E-state index contributed by atoms with van der Waals surface area (Å²) in [6.07, 6.45) is 0.945. The number of halogens is 1. The molecule has 1 aromatic carbocycles. The van der Waals surface area contributed by atoms with Crippen molar-refractivity contribution < 1.29 is 8.91 Å². The number of nitrogens with zero attached hydrogens (tertiary/aromatic N) is 2. The van der Waals surface area contributed by atoms with E-state index < -0.39 is 5.41 Å². The second kappa shape index (κ2) is 5.93. The predicted molar refractivity (Wildman–Crippen MR) is 79.2 cm³/mol. The van der Waals surface area contributed by atoms with E-state index in [1.54, 1.807) is 12.1 Å². The van der Waals surface area contributed by atoms with Crippen molar-refractivity contribution >= 4 is 0 Å². The van der Waals surface area contributed by atoms with Gasteiger partial charge in [-0.3, -0.25) is 0 Å². The normalized spacial score (nSPS) is 15.0. The summed E-state index contributed by atoms with van der Waals surface area (Å²) >= 11 is 0. The number of rotatable bonds is 5. The molecule has 5 heteroatoms. The molecule has 0 aliphatic carbocycles. The van der Waals surface area contributed by atoms with Gasteiger partial charge in [-0.15, -0.1) is 0 Å². The first-order valence-electron chi connectivity index (χ1n) is 7.22. The quantitative estimate of drug-likeness (QED) is 0.914. The zero-order chi connectivity index (χ0) is 15.6. The Hall–Kier alpha value is -1.75. The average molecular weight is 291 g/mol. The van der Waals surface area contributed by atoms with Crippen molar-refractivity contribution in [1.82, 2.24) is 10.1 Å². The Morgan fingerprint density at radius 1 is 1.29 bits per heavy atom. The van der Waals surface area contributed by atoms with Crippen molar-refractivity contribution in [2.75, 3.05) is 0 Å². The van der Waals surface area contributed by atoms with Crippen molar-refractivity contribution in [2.45, 2.75) is 45.6 Å². The second-order valence-electron chi connectivity index (χ2n) is 6.00. The highest BCUT2D eigenvalue weighted by atomic mass is 19.1. The first-order chi connectivity index (χ1) is 9.86. The monoisotopic (exact) mass is 291 g/mol. The molecule has 2 N–H and O–H groups in total. The van der Waals surface area contributed by atoms with E-state index in [1.165, 1.54) is 12.1 Å². The molecule has 1 heterocycles. The fraction of sp³-hybridized carbons (Fsp3) is 0.500. The predicted octanol–water partition coefficient (Wildman–Crippen LogP) is 3.58. The van der Waals surface area contributed by atoms with Gasteiger partial charge < -0.3 is 10.3 Å². The number of aromatic nitrogens is 2. The van der Waals surface area contributed by atoms with Crippen LogP contribution in [-0.4, -0.2) is 10.1 Å². The van der Waals surface area contributed by atoms with Crippen LogP contribution in [0.5, 0.6) is 0 Å². The maximum atomic E-state index is 13.0. The Morgan fingerprint density at radius 2 is 1.90 bits per heavy atom. The minimum absolute atomic E-state index is 0.262. The summed E-state index contributed by atoms with van der Waals surface area (Å²) in [4.78, 5) is 4.45. The Labute approximate surface area is 124 Å². The Balaban J connectivity index is 2.29. The van der Waals surface area contributed by atoms with Gasteiger partial charge in [-0.05, 0) is 37.5 Å². The summed E-state index contributed by atoms with van der Waals surface area (Å²) in [7, 11) is 0. The van der Waals surface area contributed by atoms with E-state index in [-0.39, 0.29) is 17.8 Å². The van der Waals surface area contributed by atoms with Gasteiger partial charge in [0.15, 0.2) is 5.82 Å². The standard InChI is InChI=1S/C16H22FN3O/c1-5-10(2)13(18)14-19-15(20-21-14)16(3,4)11-6-8-12(17)9-7-11/h6-10,13H,5,18H2,1-4H3. The van der Waals surface area contributed by atoms with E-state index in [9.17, 15) is 4.39 Å². The highest BCUT2D eigenvalue weighted by molar-refractivity contribution is 5.30. The lowest BCUT2D eigenvalue weighted by atomic mass is 9.84. The summed E-state index contributed by atoms with van der Waals surface area (Å²) < 4.78 is 18.4. The Kier molecular flexibility index (Phi) is 4.42. The molecular formula is C16H22FN3O. The molecule has 0 amide bonds. The highest BCUT2D eigenvalue weighted by Crippen LogP contribution is 2.30. The molecule has 0 spiro atoms. The molecule has 0 fully saturated rings. The van der Waals surface area contributed by atoms with Gasteiger partial charge in [0, 0.05) is 0 Å². The molecule has 1 aromatic heterocycles. The third kappa shape index (κ3) is 3.13. The van der Waals surface area contributed by atoms with Crippen LogP contribution in [0.15, 0.2) is 28.8 Å². The molecular weight excluding hydrogens is 269 g/mol. The zero-order valence-electron chi connectivity index (χ0n) is 12.9. The molecule has 0 saturated carbocycles. The van der Waals surface area contributed by atoms with Crippen LogP contribution >= 0.6 is 0 Å². The van der Waals surface area contributed by atoms with E-state index >= 15 is 0 Å². The van der Waals surface area contributed by atoms with Gasteiger partial charge in [-0.2, -0.15) is 4.98 Å². The summed E-state index contributed by atoms with van der Waals surface area (Å²) in [5, 5.41) is 4.06. The molecule has 2 aromatic rings. The van der Waals surface area contributed by atoms with Gasteiger partial charge in [-0.1, -0.05) is 37.6 Å². The summed E-state index contributed by atoms with van der Waals surface area (Å²) in [6, 6.07) is 6.08. The third-order valence-corrected chi connectivity index (χ3v) is 4.11. The molecule has 2 atom stereocenters. The number of hydrogen-bond acceptors (Lipinski definition) is 4. The van der Waals surface area contributed by atoms with Gasteiger partial charge >= 0.3 is 0 Å². The van der Waals surface area contributed by atoms with E-state index in [1.807, 2.05) is 13.8 Å². The van der Waals surface area contributed by atoms with Gasteiger partial charge in [0.1, 0.15) is 5.82 Å². The zero-order valence-corrected chi connectivity index (χ0v) is 12.9. The highest BCUT2D eigenvalue weighted by Gasteiger charge is 2.30. The summed E-state index contributed by atoms with van der Waals surface area (Å²) in [5.41, 5.74) is 6.58. The van der Waals surface area contributed by atoms with Crippen molar-refractivity contribution in [3.8, 4) is 0 Å². The summed E-state index contributed by atoms with van der Waals surface area (Å²) in [6.45, 7) is 8.08. The van der Waals surface area contributed by atoms with E-state index in [4.69, 9.17) is 10.3 Å². The lowest BCUT2D eigenvalue weighted by Gasteiger charge is -2.21. The molecule has 2 unspecified atom stereocenters. The molecule has 4 nitrogen and oxygen atoms in total. The Morgan fingerprint density at radius 3 is 2.48 bits per heavy atom. The SMILES string of the molecule is CCC(C)C(N)c1nc(C(C)(C)c2ccc(F)cc2)no1. The van der Waals surface area contributed by atoms with E-state index in [2.05, 4.69) is 24.0 Å². The van der Waals surface area contributed by atoms with Crippen molar-refractivity contribution in [3.05, 3.63) is 47.4 Å². The van der Waals surface area contributed by atoms with Crippen molar-refractivity contribution in [1.29, 1.82) is 0 Å². The molecule has 2 rings (SSSR count). The number of benzene rings is 1. The molecule has 0 bridgehead atoms. The smallest absolute Gasteiger partial charge is 0.243 e. The van der Waals surface area contributed by atoms with Crippen molar-refractivity contribution in [2.24, 2.45) is 11.7 Å². The minimum atomic E-state index is -0.468. The van der Waals surface area contributed by atoms with Crippen molar-refractivity contribution in [3.63, 3.8) is 0 Å². The first-order valence-corrected chi connectivity index (χ1v) is 7.22. The van der Waals surface area contributed by atoms with Gasteiger partial charge in [0.25, 0.3) is 0 Å². The summed E-state index contributed by atoms with van der Waals surface area (Å²) in [5.74, 6) is 1.02. The third-order valence-electron chi connectivity index (χ3n) is 4.11. The van der Waals surface area contributed by atoms with Crippen LogP contribution in [0, 0.1) is 11.7 Å². The number of nitrogens with two attached hydrogens (primary N) is 1. The second-order valence-corrected chi connectivity index (χ2v) is 6.00. The fourth-order valence-electron chi connectivity index (χ4n) is 2.12. The molecule has 0 radical (unpaired) electrons. The van der Waals surface area contributed by atoms with Crippen LogP contribution in [0.3, 0.4) is 0 Å². The fourth-order valence-corrected chi connectivity index (χ4v) is 2.12. The molecule has 0 saturated heterocycles. The maximum absolute atomic E-state index is 13.0. The first kappa shape index (κ1) is 15.6. The van der Waals surface area contributed by atoms with Crippen LogP contribution in [0.1, 0.15) is 57.4 Å². The maximum Gasteiger partial charge on any atom is 0.243 e. The topological polar surface area (TPSA) is 64.9 Å². The Bertz CT molecular complexity index is 592. The molecule has 21 heavy (non-hydrogen) atoms. The lowest BCUT2D eigenvalue weighted by molar-refractivity contribution is 0.308. The van der Waals surface area contributed by atoms with Gasteiger partial charge in [-0.25, -0.2) is 4.39 Å². The lowest BCUT2D eigenvalue weighted by Crippen LogP contribution is -2.22. The van der Waals surface area contributed by atoms with Crippen LogP contribution in [0.25, 0.3) is 0 Å². The average Bonchev–Trinajstić information content (AvgIpc) is 2.96.